The fourth-order valence-electron chi connectivity index (χ4n) is 4.55. The average molecular weight is 441 g/mol. The van der Waals surface area contributed by atoms with Crippen molar-refractivity contribution >= 4 is 17.8 Å². The number of nitrogens with one attached hydrogen (secondary N) is 2. The van der Waals surface area contributed by atoms with Gasteiger partial charge in [0.25, 0.3) is 0 Å². The van der Waals surface area contributed by atoms with Gasteiger partial charge in [0.1, 0.15) is 17.3 Å². The summed E-state index contributed by atoms with van der Waals surface area (Å²) in [6.45, 7) is 3.29. The first kappa shape index (κ1) is 22.0. The maximum Gasteiger partial charge on any atom is 0.326 e. The van der Waals surface area contributed by atoms with E-state index in [1.54, 1.807) is 6.92 Å². The minimum atomic E-state index is -1.11. The summed E-state index contributed by atoms with van der Waals surface area (Å²) < 4.78 is 5.74. The number of hydrogen-bond donors (Lipinski definition) is 3. The van der Waals surface area contributed by atoms with Crippen molar-refractivity contribution < 1.29 is 23.9 Å². The van der Waals surface area contributed by atoms with E-state index in [2.05, 4.69) is 15.6 Å². The molecule has 2 aliphatic heterocycles. The molecule has 1 aromatic heterocycles. The Hall–Kier alpha value is -3.20. The lowest BCUT2D eigenvalue weighted by Gasteiger charge is -2.40. The molecule has 9 heteroatoms. The number of carboxylic acid groups (broad SMARTS) is 1. The SMILES string of the molecule is Cc1oc(-c2ccccc2)nc1CC(=O)NC1(C(=O)N2CCCC2C(=O)O)CCNCC1. The fraction of sp³-hybridized carbons (Fsp3) is 0.478. The second-order valence-corrected chi connectivity index (χ2v) is 8.44. The molecule has 2 amide bonds. The third kappa shape index (κ3) is 4.38. The molecule has 2 saturated heterocycles. The Bertz CT molecular complexity index is 997. The molecule has 1 aromatic carbocycles. The highest BCUT2D eigenvalue weighted by Crippen LogP contribution is 2.28. The Morgan fingerprint density at radius 2 is 1.97 bits per heavy atom. The molecule has 4 rings (SSSR count). The largest absolute Gasteiger partial charge is 0.480 e. The minimum absolute atomic E-state index is 0.0208. The molecule has 2 aliphatic rings. The summed E-state index contributed by atoms with van der Waals surface area (Å²) in [7, 11) is 0. The molecule has 0 saturated carbocycles. The van der Waals surface area contributed by atoms with Crippen LogP contribution in [-0.4, -0.2) is 64.0 Å². The maximum atomic E-state index is 13.5. The zero-order valence-corrected chi connectivity index (χ0v) is 18.1. The average Bonchev–Trinajstić information content (AvgIpc) is 3.42. The molecule has 1 atom stereocenters. The van der Waals surface area contributed by atoms with Crippen LogP contribution in [0.1, 0.15) is 37.1 Å². The summed E-state index contributed by atoms with van der Waals surface area (Å²) in [5.74, 6) is -0.644. The standard InChI is InChI=1S/C23H28N4O5/c1-15-17(25-20(32-15)16-6-3-2-4-7-16)14-19(28)26-23(9-11-24-12-10-23)22(31)27-13-5-8-18(27)21(29)30/h2-4,6-7,18,24H,5,8-14H2,1H3,(H,26,28)(H,29,30). The predicted molar refractivity (Wildman–Crippen MR) is 116 cm³/mol. The van der Waals surface area contributed by atoms with Gasteiger partial charge in [-0.25, -0.2) is 9.78 Å². The number of likely N-dealkylation sites (tertiary alicyclic amines) is 1. The lowest BCUT2D eigenvalue weighted by molar-refractivity contribution is -0.152. The summed E-state index contributed by atoms with van der Waals surface area (Å²) in [5, 5.41) is 15.7. The fourth-order valence-corrected chi connectivity index (χ4v) is 4.55. The molecule has 2 fully saturated rings. The number of piperidine rings is 1. The van der Waals surface area contributed by atoms with E-state index in [4.69, 9.17) is 4.42 Å². The van der Waals surface area contributed by atoms with Crippen LogP contribution in [0, 0.1) is 6.92 Å². The number of aliphatic carboxylic acids is 1. The van der Waals surface area contributed by atoms with E-state index in [0.717, 1.165) is 5.56 Å². The molecule has 9 nitrogen and oxygen atoms in total. The van der Waals surface area contributed by atoms with Gasteiger partial charge in [-0.3, -0.25) is 9.59 Å². The molecule has 170 valence electrons. The normalized spacial score (nSPS) is 20.2. The van der Waals surface area contributed by atoms with Gasteiger partial charge in [0.05, 0.1) is 12.1 Å². The summed E-state index contributed by atoms with van der Waals surface area (Å²) in [4.78, 5) is 44.0. The highest BCUT2D eigenvalue weighted by atomic mass is 16.4. The van der Waals surface area contributed by atoms with Crippen molar-refractivity contribution in [3.05, 3.63) is 41.8 Å². The van der Waals surface area contributed by atoms with Crippen LogP contribution in [0.5, 0.6) is 0 Å². The van der Waals surface area contributed by atoms with Gasteiger partial charge in [0.15, 0.2) is 0 Å². The Balaban J connectivity index is 1.51. The first-order chi connectivity index (χ1) is 15.4. The number of amides is 2. The molecule has 0 radical (unpaired) electrons. The number of nitrogens with zero attached hydrogens (tertiary/aromatic N) is 2. The van der Waals surface area contributed by atoms with Crippen LogP contribution in [0.3, 0.4) is 0 Å². The number of aromatic nitrogens is 1. The predicted octanol–water partition coefficient (Wildman–Crippen LogP) is 1.51. The van der Waals surface area contributed by atoms with Crippen LogP contribution in [0.25, 0.3) is 11.5 Å². The zero-order chi connectivity index (χ0) is 22.7. The molecule has 0 spiro atoms. The molecule has 32 heavy (non-hydrogen) atoms. The lowest BCUT2D eigenvalue weighted by Crippen LogP contribution is -2.64. The number of aryl methyl sites for hydroxylation is 1. The second kappa shape index (κ2) is 9.12. The Morgan fingerprint density at radius 3 is 2.66 bits per heavy atom. The topological polar surface area (TPSA) is 125 Å². The highest BCUT2D eigenvalue weighted by molar-refractivity contribution is 5.94. The van der Waals surface area contributed by atoms with E-state index in [1.165, 1.54) is 4.90 Å². The van der Waals surface area contributed by atoms with Crippen molar-refractivity contribution in [3.63, 3.8) is 0 Å². The van der Waals surface area contributed by atoms with Gasteiger partial charge < -0.3 is 25.1 Å². The number of benzene rings is 1. The quantitative estimate of drug-likeness (QED) is 0.622. The number of carbonyl (C=O) groups excluding carboxylic acids is 2. The van der Waals surface area contributed by atoms with E-state index in [0.29, 0.717) is 62.7 Å². The van der Waals surface area contributed by atoms with Crippen LogP contribution in [0.15, 0.2) is 34.7 Å². The molecular weight excluding hydrogens is 412 g/mol. The molecule has 3 N–H and O–H groups in total. The van der Waals surface area contributed by atoms with Crippen molar-refractivity contribution in [1.82, 2.24) is 20.5 Å². The third-order valence-electron chi connectivity index (χ3n) is 6.29. The van der Waals surface area contributed by atoms with Gasteiger partial charge in [-0.05, 0) is 57.8 Å². The first-order valence-corrected chi connectivity index (χ1v) is 11.0. The first-order valence-electron chi connectivity index (χ1n) is 11.0. The summed E-state index contributed by atoms with van der Waals surface area (Å²) in [5.41, 5.74) is 0.226. The lowest BCUT2D eigenvalue weighted by atomic mass is 9.86. The van der Waals surface area contributed by atoms with E-state index in [-0.39, 0.29) is 18.2 Å². The van der Waals surface area contributed by atoms with E-state index >= 15 is 0 Å². The van der Waals surface area contributed by atoms with Crippen molar-refractivity contribution in [1.29, 1.82) is 0 Å². The van der Waals surface area contributed by atoms with Crippen molar-refractivity contribution in [2.75, 3.05) is 19.6 Å². The van der Waals surface area contributed by atoms with Gasteiger partial charge in [0, 0.05) is 12.1 Å². The second-order valence-electron chi connectivity index (χ2n) is 8.44. The molecule has 2 aromatic rings. The monoisotopic (exact) mass is 440 g/mol. The van der Waals surface area contributed by atoms with Gasteiger partial charge in [-0.1, -0.05) is 18.2 Å². The Labute approximate surface area is 186 Å². The zero-order valence-electron chi connectivity index (χ0n) is 18.1. The molecular formula is C23H28N4O5. The highest BCUT2D eigenvalue weighted by Gasteiger charge is 2.47. The van der Waals surface area contributed by atoms with Crippen LogP contribution < -0.4 is 10.6 Å². The molecule has 0 aliphatic carbocycles. The third-order valence-corrected chi connectivity index (χ3v) is 6.29. The van der Waals surface area contributed by atoms with Gasteiger partial charge >= 0.3 is 5.97 Å². The molecule has 1 unspecified atom stereocenters. The number of carboxylic acids is 1. The van der Waals surface area contributed by atoms with E-state index in [1.807, 2.05) is 30.3 Å². The number of oxazole rings is 1. The number of carbonyl (C=O) groups is 3. The van der Waals surface area contributed by atoms with Gasteiger partial charge in [-0.2, -0.15) is 0 Å². The van der Waals surface area contributed by atoms with Crippen LogP contribution in [0.2, 0.25) is 0 Å². The van der Waals surface area contributed by atoms with Crippen LogP contribution in [0.4, 0.5) is 0 Å². The number of hydrogen-bond acceptors (Lipinski definition) is 6. The Kier molecular flexibility index (Phi) is 6.27. The van der Waals surface area contributed by atoms with Crippen molar-refractivity contribution in [2.45, 2.75) is 50.6 Å². The Morgan fingerprint density at radius 1 is 1.25 bits per heavy atom. The maximum absolute atomic E-state index is 13.5. The summed E-state index contributed by atoms with van der Waals surface area (Å²) >= 11 is 0. The van der Waals surface area contributed by atoms with Gasteiger partial charge in [0.2, 0.25) is 17.7 Å². The van der Waals surface area contributed by atoms with E-state index < -0.39 is 17.6 Å². The molecule has 3 heterocycles. The van der Waals surface area contributed by atoms with Crippen LogP contribution >= 0.6 is 0 Å². The number of rotatable bonds is 6. The van der Waals surface area contributed by atoms with Crippen molar-refractivity contribution in [2.24, 2.45) is 0 Å². The van der Waals surface area contributed by atoms with Crippen molar-refractivity contribution in [3.8, 4) is 11.5 Å². The molecule has 0 bridgehead atoms. The summed E-state index contributed by atoms with van der Waals surface area (Å²) in [6, 6.07) is 8.60. The van der Waals surface area contributed by atoms with Gasteiger partial charge in [-0.15, -0.1) is 0 Å². The van der Waals surface area contributed by atoms with E-state index in [9.17, 15) is 19.5 Å². The summed E-state index contributed by atoms with van der Waals surface area (Å²) in [6.07, 6.45) is 1.88. The smallest absolute Gasteiger partial charge is 0.326 e. The van der Waals surface area contributed by atoms with Crippen LogP contribution in [-0.2, 0) is 20.8 Å². The minimum Gasteiger partial charge on any atom is -0.480 e.